The topological polar surface area (TPSA) is 73.6 Å². The first kappa shape index (κ1) is 21.4. The van der Waals surface area contributed by atoms with E-state index in [1.807, 2.05) is 27.7 Å². The van der Waals surface area contributed by atoms with Crippen molar-refractivity contribution in [2.24, 2.45) is 11.7 Å². The Morgan fingerprint density at radius 3 is 2.09 bits per heavy atom. The van der Waals surface area contributed by atoms with Gasteiger partial charge >= 0.3 is 0 Å². The van der Waals surface area contributed by atoms with Gasteiger partial charge in [0, 0.05) is 6.54 Å². The van der Waals surface area contributed by atoms with Gasteiger partial charge in [-0.25, -0.2) is 0 Å². The van der Waals surface area contributed by atoms with E-state index in [0.717, 1.165) is 0 Å². The minimum Gasteiger partial charge on any atom is -0.374 e. The zero-order valence-electron chi connectivity index (χ0n) is 15.7. The van der Waals surface area contributed by atoms with E-state index in [0.29, 0.717) is 32.1 Å². The molecular formula is C17H36N2O3. The third kappa shape index (κ3) is 8.71. The predicted molar refractivity (Wildman–Crippen MR) is 90.8 cm³/mol. The second-order valence-corrected chi connectivity index (χ2v) is 8.04. The zero-order valence-corrected chi connectivity index (χ0v) is 15.7. The molecule has 0 aliphatic heterocycles. The van der Waals surface area contributed by atoms with Crippen LogP contribution in [-0.4, -0.2) is 42.4 Å². The van der Waals surface area contributed by atoms with E-state index in [2.05, 4.69) is 33.0 Å². The van der Waals surface area contributed by atoms with Crippen molar-refractivity contribution < 1.29 is 14.3 Å². The molecule has 22 heavy (non-hydrogen) atoms. The number of nitrogens with one attached hydrogen (secondary N) is 1. The molecule has 1 amide bonds. The SMILES string of the molecule is CC(C)C(C)(C)OCC(C)(C)NC(=O)CCOC(C)(C)CN. The highest BCUT2D eigenvalue weighted by atomic mass is 16.5. The van der Waals surface area contributed by atoms with Gasteiger partial charge in [0.25, 0.3) is 0 Å². The van der Waals surface area contributed by atoms with Crippen molar-refractivity contribution in [1.29, 1.82) is 0 Å². The molecule has 0 rings (SSSR count). The summed E-state index contributed by atoms with van der Waals surface area (Å²) < 4.78 is 11.6. The summed E-state index contributed by atoms with van der Waals surface area (Å²) in [6.07, 6.45) is 0.320. The van der Waals surface area contributed by atoms with Crippen LogP contribution in [0.25, 0.3) is 0 Å². The van der Waals surface area contributed by atoms with E-state index in [-0.39, 0.29) is 17.1 Å². The van der Waals surface area contributed by atoms with Crippen LogP contribution in [0.1, 0.15) is 61.8 Å². The van der Waals surface area contributed by atoms with E-state index in [1.165, 1.54) is 0 Å². The molecule has 0 radical (unpaired) electrons. The van der Waals surface area contributed by atoms with E-state index in [4.69, 9.17) is 15.2 Å². The zero-order chi connectivity index (χ0) is 17.6. The molecule has 0 bridgehead atoms. The fourth-order valence-electron chi connectivity index (χ4n) is 1.49. The van der Waals surface area contributed by atoms with Crippen molar-refractivity contribution in [2.45, 2.75) is 78.6 Å². The maximum Gasteiger partial charge on any atom is 0.222 e. The van der Waals surface area contributed by atoms with E-state index < -0.39 is 5.54 Å². The van der Waals surface area contributed by atoms with Crippen molar-refractivity contribution in [3.8, 4) is 0 Å². The summed E-state index contributed by atoms with van der Waals surface area (Å²) in [4.78, 5) is 12.0. The number of nitrogens with two attached hydrogens (primary N) is 1. The average molecular weight is 316 g/mol. The van der Waals surface area contributed by atoms with Crippen LogP contribution in [0.2, 0.25) is 0 Å². The second-order valence-electron chi connectivity index (χ2n) is 8.04. The Labute approximate surface area is 136 Å². The summed E-state index contributed by atoms with van der Waals surface area (Å²) in [6, 6.07) is 0. The highest BCUT2D eigenvalue weighted by Crippen LogP contribution is 2.22. The Balaban J connectivity index is 4.22. The number of carbonyl (C=O) groups is 1. The first-order chi connectivity index (χ1) is 9.81. The molecule has 3 N–H and O–H groups in total. The third-order valence-corrected chi connectivity index (χ3v) is 3.99. The van der Waals surface area contributed by atoms with Gasteiger partial charge in [0.2, 0.25) is 5.91 Å². The summed E-state index contributed by atoms with van der Waals surface area (Å²) in [5.41, 5.74) is 4.58. The highest BCUT2D eigenvalue weighted by molar-refractivity contribution is 5.76. The van der Waals surface area contributed by atoms with Crippen LogP contribution >= 0.6 is 0 Å². The maximum absolute atomic E-state index is 12.0. The van der Waals surface area contributed by atoms with Gasteiger partial charge in [0.05, 0.1) is 36.4 Å². The minimum absolute atomic E-state index is 0.0382. The van der Waals surface area contributed by atoms with E-state index >= 15 is 0 Å². The Morgan fingerprint density at radius 2 is 1.64 bits per heavy atom. The minimum atomic E-state index is -0.410. The highest BCUT2D eigenvalue weighted by Gasteiger charge is 2.28. The first-order valence-corrected chi connectivity index (χ1v) is 8.10. The average Bonchev–Trinajstić information content (AvgIpc) is 2.35. The van der Waals surface area contributed by atoms with Crippen LogP contribution in [0.4, 0.5) is 0 Å². The van der Waals surface area contributed by atoms with Crippen LogP contribution in [0.5, 0.6) is 0 Å². The monoisotopic (exact) mass is 316 g/mol. The number of carbonyl (C=O) groups excluding carboxylic acids is 1. The number of hydrogen-bond acceptors (Lipinski definition) is 4. The van der Waals surface area contributed by atoms with Crippen LogP contribution in [0.3, 0.4) is 0 Å². The first-order valence-electron chi connectivity index (χ1n) is 8.10. The van der Waals surface area contributed by atoms with Crippen molar-refractivity contribution >= 4 is 5.91 Å². The van der Waals surface area contributed by atoms with Gasteiger partial charge in [0.1, 0.15) is 0 Å². The summed E-state index contributed by atoms with van der Waals surface area (Å²) in [5, 5.41) is 3.00. The molecule has 0 heterocycles. The molecule has 0 aliphatic carbocycles. The Hall–Kier alpha value is -0.650. The molecule has 0 aromatic rings. The molecule has 0 saturated heterocycles. The Morgan fingerprint density at radius 1 is 1.09 bits per heavy atom. The largest absolute Gasteiger partial charge is 0.374 e. The molecule has 0 aliphatic rings. The lowest BCUT2D eigenvalue weighted by Crippen LogP contribution is -2.49. The summed E-state index contributed by atoms with van der Waals surface area (Å²) >= 11 is 0. The molecule has 5 nitrogen and oxygen atoms in total. The number of rotatable bonds is 10. The third-order valence-electron chi connectivity index (χ3n) is 3.99. The van der Waals surface area contributed by atoms with Gasteiger partial charge in [0.15, 0.2) is 0 Å². The fourth-order valence-corrected chi connectivity index (χ4v) is 1.49. The van der Waals surface area contributed by atoms with Gasteiger partial charge in [-0.3, -0.25) is 4.79 Å². The lowest BCUT2D eigenvalue weighted by Gasteiger charge is -2.35. The number of hydrogen-bond donors (Lipinski definition) is 2. The van der Waals surface area contributed by atoms with Gasteiger partial charge < -0.3 is 20.5 Å². The van der Waals surface area contributed by atoms with Gasteiger partial charge in [-0.1, -0.05) is 13.8 Å². The molecule has 132 valence electrons. The van der Waals surface area contributed by atoms with Gasteiger partial charge in [-0.2, -0.15) is 0 Å². The van der Waals surface area contributed by atoms with Crippen LogP contribution in [0.15, 0.2) is 0 Å². The second kappa shape index (κ2) is 8.27. The predicted octanol–water partition coefficient (Wildman–Crippen LogP) is 2.48. The quantitative estimate of drug-likeness (QED) is 0.649. The molecule has 0 fully saturated rings. The molecule has 5 heteroatoms. The molecule has 0 spiro atoms. The van der Waals surface area contributed by atoms with Crippen molar-refractivity contribution in [3.63, 3.8) is 0 Å². The van der Waals surface area contributed by atoms with Crippen LogP contribution in [0, 0.1) is 5.92 Å². The molecule has 0 unspecified atom stereocenters. The molecule has 0 aromatic carbocycles. The molecule has 0 aromatic heterocycles. The number of amides is 1. The number of ether oxygens (including phenoxy) is 2. The van der Waals surface area contributed by atoms with Crippen LogP contribution < -0.4 is 11.1 Å². The normalized spacial score (nSPS) is 13.5. The summed E-state index contributed by atoms with van der Waals surface area (Å²) in [6.45, 7) is 17.4. The van der Waals surface area contributed by atoms with E-state index in [9.17, 15) is 4.79 Å². The van der Waals surface area contributed by atoms with Crippen molar-refractivity contribution in [3.05, 3.63) is 0 Å². The smallest absolute Gasteiger partial charge is 0.222 e. The lowest BCUT2D eigenvalue weighted by atomic mass is 9.94. The Bertz CT molecular complexity index is 350. The molecule has 0 saturated carbocycles. The van der Waals surface area contributed by atoms with Crippen molar-refractivity contribution in [1.82, 2.24) is 5.32 Å². The maximum atomic E-state index is 12.0. The van der Waals surface area contributed by atoms with Gasteiger partial charge in [-0.15, -0.1) is 0 Å². The lowest BCUT2D eigenvalue weighted by molar-refractivity contribution is -0.127. The van der Waals surface area contributed by atoms with Crippen molar-refractivity contribution in [2.75, 3.05) is 19.8 Å². The Kier molecular flexibility index (Phi) is 8.03. The van der Waals surface area contributed by atoms with Gasteiger partial charge in [-0.05, 0) is 47.5 Å². The fraction of sp³-hybridized carbons (Fsp3) is 0.941. The summed E-state index contributed by atoms with van der Waals surface area (Å²) in [5.74, 6) is 0.370. The molecular weight excluding hydrogens is 280 g/mol. The standard InChI is InChI=1S/C17H36N2O3/c1-13(2)17(7,8)22-12-15(3,4)19-14(20)9-10-21-16(5,6)11-18/h13H,9-12,18H2,1-8H3,(H,19,20). The summed E-state index contributed by atoms with van der Waals surface area (Å²) in [7, 11) is 0. The molecule has 0 atom stereocenters. The van der Waals surface area contributed by atoms with E-state index in [1.54, 1.807) is 0 Å². The van der Waals surface area contributed by atoms with Crippen LogP contribution in [-0.2, 0) is 14.3 Å².